The largest absolute Gasteiger partial charge is 0.294 e. The predicted octanol–water partition coefficient (Wildman–Crippen LogP) is 3.96. The Morgan fingerprint density at radius 3 is 2.12 bits per heavy atom. The number of halogens is 1. The number of ketones is 1. The van der Waals surface area contributed by atoms with Crippen molar-refractivity contribution in [3.05, 3.63) is 71.0 Å². The first-order valence-corrected chi connectivity index (χ1v) is 9.33. The van der Waals surface area contributed by atoms with Gasteiger partial charge in [-0.1, -0.05) is 42.5 Å². The van der Waals surface area contributed by atoms with Crippen LogP contribution in [-0.4, -0.2) is 18.9 Å². The Morgan fingerprint density at radius 2 is 1.58 bits per heavy atom. The zero-order valence-corrected chi connectivity index (χ0v) is 14.9. The van der Waals surface area contributed by atoms with Gasteiger partial charge in [0.05, 0.1) is 10.5 Å². The van der Waals surface area contributed by atoms with Gasteiger partial charge >= 0.3 is 0 Å². The van der Waals surface area contributed by atoms with E-state index in [0.717, 1.165) is 0 Å². The maximum Gasteiger partial charge on any atom is 0.167 e. The number of carbonyl (C=O) groups is 1. The number of sulfone groups is 1. The molecule has 5 heteroatoms. The van der Waals surface area contributed by atoms with Crippen molar-refractivity contribution < 1.29 is 17.6 Å². The van der Waals surface area contributed by atoms with Crippen molar-refractivity contribution in [3.8, 4) is 0 Å². The van der Waals surface area contributed by atoms with E-state index in [0.29, 0.717) is 16.7 Å². The summed E-state index contributed by atoms with van der Waals surface area (Å²) in [6.45, 7) is 4.98. The highest BCUT2D eigenvalue weighted by atomic mass is 32.2. The van der Waals surface area contributed by atoms with E-state index in [1.54, 1.807) is 63.2 Å². The molecule has 0 amide bonds. The van der Waals surface area contributed by atoms with Crippen LogP contribution in [0.5, 0.6) is 0 Å². The molecule has 0 bridgehead atoms. The summed E-state index contributed by atoms with van der Waals surface area (Å²) in [6.07, 6.45) is -0.0215. The molecular weight excluding hydrogens is 327 g/mol. The standard InChI is InChI=1S/C19H21FO3S/c1-19(2,3)24(22,23)13-14-8-10-15(11-9-14)18(21)12-16-6-4-5-7-17(16)20/h4-11H,12-13H2,1-3H3. The molecule has 2 aromatic rings. The minimum atomic E-state index is -3.27. The maximum absolute atomic E-state index is 13.6. The summed E-state index contributed by atoms with van der Waals surface area (Å²) in [5.41, 5.74) is 1.42. The molecule has 0 spiro atoms. The Bertz CT molecular complexity index is 832. The number of benzene rings is 2. The van der Waals surface area contributed by atoms with Crippen LogP contribution in [0.3, 0.4) is 0 Å². The van der Waals surface area contributed by atoms with Crippen molar-refractivity contribution in [3.63, 3.8) is 0 Å². The second-order valence-corrected chi connectivity index (χ2v) is 9.50. The van der Waals surface area contributed by atoms with Gasteiger partial charge in [0.2, 0.25) is 0 Å². The molecule has 0 aromatic heterocycles. The molecule has 0 heterocycles. The molecule has 0 unspecified atom stereocenters. The van der Waals surface area contributed by atoms with E-state index in [9.17, 15) is 17.6 Å². The average Bonchev–Trinajstić information content (AvgIpc) is 2.48. The van der Waals surface area contributed by atoms with Gasteiger partial charge in [-0.2, -0.15) is 0 Å². The molecule has 0 N–H and O–H groups in total. The van der Waals surface area contributed by atoms with E-state index < -0.39 is 20.4 Å². The van der Waals surface area contributed by atoms with Crippen LogP contribution in [-0.2, 0) is 22.0 Å². The van der Waals surface area contributed by atoms with Crippen LogP contribution in [0.25, 0.3) is 0 Å². The van der Waals surface area contributed by atoms with Crippen molar-refractivity contribution in [2.45, 2.75) is 37.7 Å². The molecule has 3 nitrogen and oxygen atoms in total. The minimum absolute atomic E-state index is 0.0215. The van der Waals surface area contributed by atoms with Crippen molar-refractivity contribution in [1.82, 2.24) is 0 Å². The number of carbonyl (C=O) groups excluding carboxylic acids is 1. The van der Waals surface area contributed by atoms with Gasteiger partial charge in [-0.15, -0.1) is 0 Å². The number of Topliss-reactive ketones (excluding diaryl/α,β-unsaturated/α-hetero) is 1. The highest BCUT2D eigenvalue weighted by Gasteiger charge is 2.28. The molecule has 2 aromatic carbocycles. The zero-order chi connectivity index (χ0) is 18.0. The Hall–Kier alpha value is -2.01. The van der Waals surface area contributed by atoms with Crippen molar-refractivity contribution >= 4 is 15.6 Å². The normalized spacial score (nSPS) is 12.2. The SMILES string of the molecule is CC(C)(C)S(=O)(=O)Cc1ccc(C(=O)Cc2ccccc2F)cc1. The second-order valence-electron chi connectivity index (χ2n) is 6.76. The Kier molecular flexibility index (Phi) is 5.23. The van der Waals surface area contributed by atoms with E-state index >= 15 is 0 Å². The lowest BCUT2D eigenvalue weighted by Gasteiger charge is -2.19. The van der Waals surface area contributed by atoms with Gasteiger partial charge in [-0.3, -0.25) is 4.79 Å². The molecule has 0 saturated carbocycles. The lowest BCUT2D eigenvalue weighted by molar-refractivity contribution is 0.0992. The van der Waals surface area contributed by atoms with Gasteiger partial charge in [0.25, 0.3) is 0 Å². The summed E-state index contributed by atoms with van der Waals surface area (Å²) in [5, 5.41) is 0. The van der Waals surface area contributed by atoms with E-state index in [1.807, 2.05) is 0 Å². The highest BCUT2D eigenvalue weighted by molar-refractivity contribution is 7.91. The van der Waals surface area contributed by atoms with Gasteiger partial charge in [0.1, 0.15) is 5.82 Å². The first-order valence-electron chi connectivity index (χ1n) is 7.68. The fourth-order valence-corrected chi connectivity index (χ4v) is 3.20. The predicted molar refractivity (Wildman–Crippen MR) is 93.3 cm³/mol. The van der Waals surface area contributed by atoms with Crippen LogP contribution in [0.15, 0.2) is 48.5 Å². The van der Waals surface area contributed by atoms with Crippen molar-refractivity contribution in [2.24, 2.45) is 0 Å². The minimum Gasteiger partial charge on any atom is -0.294 e. The van der Waals surface area contributed by atoms with Crippen LogP contribution in [0.2, 0.25) is 0 Å². The van der Waals surface area contributed by atoms with Crippen LogP contribution in [0, 0.1) is 5.82 Å². The molecule has 0 atom stereocenters. The Labute approximate surface area is 142 Å². The lowest BCUT2D eigenvalue weighted by Crippen LogP contribution is -2.29. The molecule has 128 valence electrons. The first kappa shape index (κ1) is 18.3. The first-order chi connectivity index (χ1) is 11.1. The van der Waals surface area contributed by atoms with E-state index in [-0.39, 0.29) is 18.0 Å². The fourth-order valence-electron chi connectivity index (χ4n) is 2.14. The fraction of sp³-hybridized carbons (Fsp3) is 0.316. The molecule has 0 aliphatic heterocycles. The summed E-state index contributed by atoms with van der Waals surface area (Å²) in [5.74, 6) is -0.678. The van der Waals surface area contributed by atoms with E-state index in [2.05, 4.69) is 0 Å². The summed E-state index contributed by atoms with van der Waals surface area (Å²) >= 11 is 0. The van der Waals surface area contributed by atoms with Crippen LogP contribution < -0.4 is 0 Å². The van der Waals surface area contributed by atoms with Gasteiger partial charge < -0.3 is 0 Å². The van der Waals surface area contributed by atoms with Gasteiger partial charge in [-0.05, 0) is 38.0 Å². The van der Waals surface area contributed by atoms with Crippen molar-refractivity contribution in [2.75, 3.05) is 0 Å². The third-order valence-corrected chi connectivity index (χ3v) is 6.45. The van der Waals surface area contributed by atoms with Gasteiger partial charge in [0, 0.05) is 12.0 Å². The summed E-state index contributed by atoms with van der Waals surface area (Å²) in [4.78, 5) is 12.2. The van der Waals surface area contributed by atoms with Crippen LogP contribution in [0.4, 0.5) is 4.39 Å². The second kappa shape index (κ2) is 6.85. The third kappa shape index (κ3) is 4.29. The average molecular weight is 348 g/mol. The quantitative estimate of drug-likeness (QED) is 0.769. The molecule has 24 heavy (non-hydrogen) atoms. The summed E-state index contributed by atoms with van der Waals surface area (Å²) in [7, 11) is -3.27. The number of rotatable bonds is 5. The van der Waals surface area contributed by atoms with Crippen LogP contribution in [0.1, 0.15) is 42.3 Å². The third-order valence-electron chi connectivity index (χ3n) is 3.87. The Morgan fingerprint density at radius 1 is 1.00 bits per heavy atom. The lowest BCUT2D eigenvalue weighted by atomic mass is 10.0. The smallest absolute Gasteiger partial charge is 0.167 e. The van der Waals surface area contributed by atoms with Crippen molar-refractivity contribution in [1.29, 1.82) is 0 Å². The molecule has 0 fully saturated rings. The van der Waals surface area contributed by atoms with Gasteiger partial charge in [0.15, 0.2) is 15.6 Å². The molecular formula is C19H21FO3S. The topological polar surface area (TPSA) is 51.2 Å². The van der Waals surface area contributed by atoms with E-state index in [1.165, 1.54) is 6.07 Å². The number of hydrogen-bond acceptors (Lipinski definition) is 3. The molecule has 0 aliphatic carbocycles. The maximum atomic E-state index is 13.6. The molecule has 0 saturated heterocycles. The molecule has 0 radical (unpaired) electrons. The monoisotopic (exact) mass is 348 g/mol. The Balaban J connectivity index is 2.12. The molecule has 2 rings (SSSR count). The number of hydrogen-bond donors (Lipinski definition) is 0. The van der Waals surface area contributed by atoms with Crippen LogP contribution >= 0.6 is 0 Å². The zero-order valence-electron chi connectivity index (χ0n) is 14.0. The molecule has 0 aliphatic rings. The summed E-state index contributed by atoms with van der Waals surface area (Å²) in [6, 6.07) is 12.6. The van der Waals surface area contributed by atoms with E-state index in [4.69, 9.17) is 0 Å². The highest BCUT2D eigenvalue weighted by Crippen LogP contribution is 2.21. The van der Waals surface area contributed by atoms with Gasteiger partial charge in [-0.25, -0.2) is 12.8 Å². The summed E-state index contributed by atoms with van der Waals surface area (Å²) < 4.78 is 37.2.